The van der Waals surface area contributed by atoms with Crippen molar-refractivity contribution < 1.29 is 10.2 Å². The van der Waals surface area contributed by atoms with E-state index in [1.54, 1.807) is 12.1 Å². The minimum absolute atomic E-state index is 0.146. The maximum absolute atomic E-state index is 9.20. The average molecular weight is 275 g/mol. The number of benzene rings is 1. The standard InChI is InChI=1S/C11H12Cl2N2O2/c12-9-3-7(1-2-14)4-10(13)11(9)15-5-8(17)6-16/h3-4,8,15-17H,1,5-6H2. The number of aliphatic hydroxyl groups excluding tert-OH is 2. The molecular weight excluding hydrogens is 263 g/mol. The lowest BCUT2D eigenvalue weighted by Crippen LogP contribution is -2.23. The number of hydrogen-bond donors (Lipinski definition) is 3. The Morgan fingerprint density at radius 2 is 1.94 bits per heavy atom. The topological polar surface area (TPSA) is 76.3 Å². The predicted molar refractivity (Wildman–Crippen MR) is 67.4 cm³/mol. The normalized spacial score (nSPS) is 11.9. The van der Waals surface area contributed by atoms with E-state index in [1.807, 2.05) is 6.07 Å². The van der Waals surface area contributed by atoms with Crippen molar-refractivity contribution in [3.63, 3.8) is 0 Å². The second kappa shape index (κ2) is 6.67. The number of halogens is 2. The molecule has 0 aliphatic carbocycles. The van der Waals surface area contributed by atoms with Crippen LogP contribution in [0.25, 0.3) is 0 Å². The molecule has 92 valence electrons. The second-order valence-electron chi connectivity index (χ2n) is 3.49. The average Bonchev–Trinajstić information content (AvgIpc) is 2.28. The molecule has 1 atom stereocenters. The second-order valence-corrected chi connectivity index (χ2v) is 4.30. The highest BCUT2D eigenvalue weighted by atomic mass is 35.5. The van der Waals surface area contributed by atoms with Gasteiger partial charge in [-0.25, -0.2) is 0 Å². The molecule has 0 heterocycles. The molecule has 0 amide bonds. The lowest BCUT2D eigenvalue weighted by Gasteiger charge is -2.13. The fourth-order valence-electron chi connectivity index (χ4n) is 1.27. The van der Waals surface area contributed by atoms with Crippen LogP contribution >= 0.6 is 23.2 Å². The van der Waals surface area contributed by atoms with Crippen molar-refractivity contribution >= 4 is 28.9 Å². The Balaban J connectivity index is 2.83. The third-order valence-electron chi connectivity index (χ3n) is 2.11. The van der Waals surface area contributed by atoms with E-state index >= 15 is 0 Å². The fraction of sp³-hybridized carbons (Fsp3) is 0.364. The Morgan fingerprint density at radius 1 is 1.35 bits per heavy atom. The van der Waals surface area contributed by atoms with Gasteiger partial charge in [0.2, 0.25) is 0 Å². The summed E-state index contributed by atoms with van der Waals surface area (Å²) in [6.45, 7) is -0.192. The van der Waals surface area contributed by atoms with Gasteiger partial charge < -0.3 is 15.5 Å². The van der Waals surface area contributed by atoms with Crippen molar-refractivity contribution in [3.8, 4) is 6.07 Å². The monoisotopic (exact) mass is 274 g/mol. The third-order valence-corrected chi connectivity index (χ3v) is 2.71. The first-order valence-corrected chi connectivity index (χ1v) is 5.71. The number of nitrogens with zero attached hydrogens (tertiary/aromatic N) is 1. The number of anilines is 1. The minimum atomic E-state index is -0.874. The maximum Gasteiger partial charge on any atom is 0.0942 e. The SMILES string of the molecule is N#CCc1cc(Cl)c(NCC(O)CO)c(Cl)c1. The Hall–Kier alpha value is -0.990. The van der Waals surface area contributed by atoms with Crippen LogP contribution < -0.4 is 5.32 Å². The maximum atomic E-state index is 9.20. The van der Waals surface area contributed by atoms with Crippen LogP contribution in [0.3, 0.4) is 0 Å². The summed E-state index contributed by atoms with van der Waals surface area (Å²) in [5, 5.41) is 30.0. The van der Waals surface area contributed by atoms with Crippen molar-refractivity contribution in [2.24, 2.45) is 0 Å². The number of rotatable bonds is 5. The van der Waals surface area contributed by atoms with Crippen LogP contribution in [0.2, 0.25) is 10.0 Å². The zero-order valence-electron chi connectivity index (χ0n) is 8.95. The van der Waals surface area contributed by atoms with Crippen molar-refractivity contribution in [2.75, 3.05) is 18.5 Å². The largest absolute Gasteiger partial charge is 0.394 e. The molecule has 0 saturated carbocycles. The van der Waals surface area contributed by atoms with Gasteiger partial charge >= 0.3 is 0 Å². The first-order valence-electron chi connectivity index (χ1n) is 4.96. The number of nitriles is 1. The van der Waals surface area contributed by atoms with Gasteiger partial charge in [0.1, 0.15) is 0 Å². The molecule has 1 rings (SSSR count). The summed E-state index contributed by atoms with van der Waals surface area (Å²) in [6.07, 6.45) is -0.639. The highest BCUT2D eigenvalue weighted by molar-refractivity contribution is 6.39. The van der Waals surface area contributed by atoms with Crippen molar-refractivity contribution in [1.29, 1.82) is 5.26 Å². The van der Waals surface area contributed by atoms with Gasteiger partial charge in [-0.3, -0.25) is 0 Å². The van der Waals surface area contributed by atoms with Gasteiger partial charge in [0.15, 0.2) is 0 Å². The molecule has 4 nitrogen and oxygen atoms in total. The molecule has 17 heavy (non-hydrogen) atoms. The van der Waals surface area contributed by atoms with Crippen LogP contribution in [0.15, 0.2) is 12.1 Å². The zero-order valence-corrected chi connectivity index (χ0v) is 10.5. The van der Waals surface area contributed by atoms with Gasteiger partial charge in [-0.05, 0) is 17.7 Å². The predicted octanol–water partition coefficient (Wildman–Crippen LogP) is 1.82. The minimum Gasteiger partial charge on any atom is -0.394 e. The molecule has 0 bridgehead atoms. The zero-order chi connectivity index (χ0) is 12.8. The van der Waals surface area contributed by atoms with Gasteiger partial charge in [0.05, 0.1) is 40.9 Å². The Kier molecular flexibility index (Phi) is 5.52. The lowest BCUT2D eigenvalue weighted by molar-refractivity contribution is 0.105. The first-order chi connectivity index (χ1) is 8.08. The molecule has 1 unspecified atom stereocenters. The van der Waals surface area contributed by atoms with Crippen LogP contribution in [-0.4, -0.2) is 29.5 Å². The van der Waals surface area contributed by atoms with E-state index in [0.717, 1.165) is 5.56 Å². The smallest absolute Gasteiger partial charge is 0.0942 e. The van der Waals surface area contributed by atoms with E-state index in [4.69, 9.17) is 33.6 Å². The summed E-state index contributed by atoms with van der Waals surface area (Å²) in [7, 11) is 0. The van der Waals surface area contributed by atoms with Gasteiger partial charge in [-0.15, -0.1) is 0 Å². The summed E-state index contributed by atoms with van der Waals surface area (Å²) >= 11 is 12.0. The van der Waals surface area contributed by atoms with Crippen molar-refractivity contribution in [1.82, 2.24) is 0 Å². The molecule has 0 saturated heterocycles. The molecule has 0 aliphatic rings. The molecular formula is C11H12Cl2N2O2. The molecule has 3 N–H and O–H groups in total. The molecule has 0 spiro atoms. The van der Waals surface area contributed by atoms with Crippen LogP contribution in [0, 0.1) is 11.3 Å². The Labute approximate surface area is 109 Å². The van der Waals surface area contributed by atoms with Crippen molar-refractivity contribution in [2.45, 2.75) is 12.5 Å². The van der Waals surface area contributed by atoms with Gasteiger partial charge in [-0.1, -0.05) is 23.2 Å². The van der Waals surface area contributed by atoms with Gasteiger partial charge in [-0.2, -0.15) is 5.26 Å². The summed E-state index contributed by atoms with van der Waals surface area (Å²) in [5.74, 6) is 0. The molecule has 0 radical (unpaired) electrons. The Morgan fingerprint density at radius 3 is 2.41 bits per heavy atom. The van der Waals surface area contributed by atoms with Crippen LogP contribution in [0.4, 0.5) is 5.69 Å². The van der Waals surface area contributed by atoms with E-state index in [9.17, 15) is 5.11 Å². The number of nitrogens with one attached hydrogen (secondary N) is 1. The third kappa shape index (κ3) is 4.06. The molecule has 0 aromatic heterocycles. The van der Waals surface area contributed by atoms with Gasteiger partial charge in [0, 0.05) is 6.54 Å². The fourth-order valence-corrected chi connectivity index (χ4v) is 1.94. The van der Waals surface area contributed by atoms with Crippen LogP contribution in [0.5, 0.6) is 0 Å². The molecule has 6 heteroatoms. The lowest BCUT2D eigenvalue weighted by atomic mass is 10.1. The van der Waals surface area contributed by atoms with E-state index in [2.05, 4.69) is 5.32 Å². The van der Waals surface area contributed by atoms with E-state index in [1.165, 1.54) is 0 Å². The molecule has 0 fully saturated rings. The summed E-state index contributed by atoms with van der Waals surface area (Å²) in [4.78, 5) is 0. The molecule has 1 aromatic carbocycles. The van der Waals surface area contributed by atoms with Crippen LogP contribution in [0.1, 0.15) is 5.56 Å². The quantitative estimate of drug-likeness (QED) is 0.766. The highest BCUT2D eigenvalue weighted by Crippen LogP contribution is 2.31. The van der Waals surface area contributed by atoms with Crippen molar-refractivity contribution in [3.05, 3.63) is 27.7 Å². The summed E-state index contributed by atoms with van der Waals surface area (Å²) in [5.41, 5.74) is 1.22. The number of hydrogen-bond acceptors (Lipinski definition) is 4. The Bertz CT molecular complexity index is 409. The van der Waals surface area contributed by atoms with E-state index in [-0.39, 0.29) is 19.6 Å². The van der Waals surface area contributed by atoms with Gasteiger partial charge in [0.25, 0.3) is 0 Å². The first kappa shape index (κ1) is 14.1. The van der Waals surface area contributed by atoms with E-state index < -0.39 is 6.10 Å². The summed E-state index contributed by atoms with van der Waals surface area (Å²) < 4.78 is 0. The van der Waals surface area contributed by atoms with Crippen LogP contribution in [-0.2, 0) is 6.42 Å². The summed E-state index contributed by atoms with van der Waals surface area (Å²) in [6, 6.07) is 5.29. The number of aliphatic hydroxyl groups is 2. The molecule has 1 aromatic rings. The molecule has 0 aliphatic heterocycles. The highest BCUT2D eigenvalue weighted by Gasteiger charge is 2.10. The van der Waals surface area contributed by atoms with E-state index in [0.29, 0.717) is 15.7 Å².